The maximum absolute atomic E-state index is 5.42. The number of pyridine rings is 1. The lowest BCUT2D eigenvalue weighted by Gasteiger charge is -2.17. The molecule has 3 heteroatoms. The Bertz CT molecular complexity index is 597. The molecule has 2 atom stereocenters. The molecule has 1 N–H and O–H groups in total. The number of hydrogen-bond acceptors (Lipinski definition) is 3. The number of methoxy groups -OCH3 is 1. The second kappa shape index (κ2) is 5.70. The molecule has 0 spiro atoms. The number of rotatable bonds is 4. The van der Waals surface area contributed by atoms with Crippen LogP contribution in [0.2, 0.25) is 0 Å². The second-order valence-corrected chi connectivity index (χ2v) is 5.76. The molecule has 1 heterocycles. The van der Waals surface area contributed by atoms with E-state index in [1.807, 2.05) is 24.4 Å². The molecule has 2 aromatic rings. The number of ether oxygens (including phenoxy) is 1. The van der Waals surface area contributed by atoms with Crippen LogP contribution >= 0.6 is 0 Å². The van der Waals surface area contributed by atoms with Gasteiger partial charge in [-0.2, -0.15) is 0 Å². The topological polar surface area (TPSA) is 34.1 Å². The SMILES string of the molecule is COc1cccc2c(NCC3CCCC3C)nccc12. The maximum atomic E-state index is 5.42. The quantitative estimate of drug-likeness (QED) is 0.908. The molecular formula is C17H22N2O. The van der Waals surface area contributed by atoms with Gasteiger partial charge in [-0.1, -0.05) is 31.9 Å². The molecule has 1 aliphatic carbocycles. The third kappa shape index (κ3) is 2.45. The van der Waals surface area contributed by atoms with E-state index in [-0.39, 0.29) is 0 Å². The number of anilines is 1. The van der Waals surface area contributed by atoms with E-state index in [9.17, 15) is 0 Å². The van der Waals surface area contributed by atoms with E-state index < -0.39 is 0 Å². The highest BCUT2D eigenvalue weighted by Gasteiger charge is 2.23. The van der Waals surface area contributed by atoms with Crippen molar-refractivity contribution in [2.45, 2.75) is 26.2 Å². The van der Waals surface area contributed by atoms with Crippen molar-refractivity contribution in [1.82, 2.24) is 4.98 Å². The Morgan fingerprint density at radius 2 is 2.15 bits per heavy atom. The Kier molecular flexibility index (Phi) is 3.77. The molecular weight excluding hydrogens is 248 g/mol. The van der Waals surface area contributed by atoms with Crippen LogP contribution in [0.5, 0.6) is 5.75 Å². The van der Waals surface area contributed by atoms with Gasteiger partial charge < -0.3 is 10.1 Å². The van der Waals surface area contributed by atoms with Gasteiger partial charge in [-0.25, -0.2) is 4.98 Å². The molecule has 0 bridgehead atoms. The molecule has 1 aromatic carbocycles. The summed E-state index contributed by atoms with van der Waals surface area (Å²) in [5.74, 6) is 3.48. The van der Waals surface area contributed by atoms with Gasteiger partial charge in [0.1, 0.15) is 11.6 Å². The van der Waals surface area contributed by atoms with E-state index in [1.165, 1.54) is 19.3 Å². The van der Waals surface area contributed by atoms with E-state index in [4.69, 9.17) is 4.74 Å². The lowest BCUT2D eigenvalue weighted by molar-refractivity contribution is 0.420. The van der Waals surface area contributed by atoms with Crippen molar-refractivity contribution in [2.24, 2.45) is 11.8 Å². The van der Waals surface area contributed by atoms with Crippen molar-refractivity contribution in [3.63, 3.8) is 0 Å². The van der Waals surface area contributed by atoms with Crippen LogP contribution in [-0.2, 0) is 0 Å². The van der Waals surface area contributed by atoms with Gasteiger partial charge in [0.15, 0.2) is 0 Å². The van der Waals surface area contributed by atoms with Crippen molar-refractivity contribution in [3.05, 3.63) is 30.5 Å². The molecule has 0 radical (unpaired) electrons. The van der Waals surface area contributed by atoms with E-state index in [2.05, 4.69) is 23.3 Å². The Morgan fingerprint density at radius 1 is 1.25 bits per heavy atom. The van der Waals surface area contributed by atoms with Gasteiger partial charge in [0.25, 0.3) is 0 Å². The van der Waals surface area contributed by atoms with Gasteiger partial charge in [-0.3, -0.25) is 0 Å². The van der Waals surface area contributed by atoms with Crippen molar-refractivity contribution in [1.29, 1.82) is 0 Å². The van der Waals surface area contributed by atoms with Gasteiger partial charge in [0.05, 0.1) is 7.11 Å². The molecule has 0 amide bonds. The monoisotopic (exact) mass is 270 g/mol. The minimum absolute atomic E-state index is 0.776. The number of benzene rings is 1. The lowest BCUT2D eigenvalue weighted by Crippen LogP contribution is -2.17. The Hall–Kier alpha value is -1.77. The van der Waals surface area contributed by atoms with E-state index in [0.29, 0.717) is 0 Å². The van der Waals surface area contributed by atoms with E-state index in [1.54, 1.807) is 7.11 Å². The van der Waals surface area contributed by atoms with Crippen LogP contribution in [0.4, 0.5) is 5.82 Å². The lowest BCUT2D eigenvalue weighted by atomic mass is 9.98. The summed E-state index contributed by atoms with van der Waals surface area (Å²) in [7, 11) is 1.71. The van der Waals surface area contributed by atoms with E-state index in [0.717, 1.165) is 40.7 Å². The van der Waals surface area contributed by atoms with Crippen molar-refractivity contribution in [2.75, 3.05) is 19.0 Å². The average molecular weight is 270 g/mol. The number of nitrogens with zero attached hydrogens (tertiary/aromatic N) is 1. The number of fused-ring (bicyclic) bond motifs is 1. The van der Waals surface area contributed by atoms with Crippen molar-refractivity contribution >= 4 is 16.6 Å². The van der Waals surface area contributed by atoms with Crippen LogP contribution in [-0.4, -0.2) is 18.6 Å². The standard InChI is InChI=1S/C17H22N2O/c1-12-5-3-6-13(12)11-19-17-15-7-4-8-16(20-2)14(15)9-10-18-17/h4,7-10,12-13H,3,5-6,11H2,1-2H3,(H,18,19). The van der Waals surface area contributed by atoms with Gasteiger partial charge in [-0.05, 0) is 30.4 Å². The first-order chi connectivity index (χ1) is 9.79. The predicted molar refractivity (Wildman–Crippen MR) is 83.3 cm³/mol. The highest BCUT2D eigenvalue weighted by atomic mass is 16.5. The third-order valence-corrected chi connectivity index (χ3v) is 4.56. The summed E-state index contributed by atoms with van der Waals surface area (Å²) in [5.41, 5.74) is 0. The minimum atomic E-state index is 0.776. The largest absolute Gasteiger partial charge is 0.496 e. The molecule has 2 unspecified atom stereocenters. The van der Waals surface area contributed by atoms with E-state index >= 15 is 0 Å². The normalized spacial score (nSPS) is 22.1. The molecule has 3 rings (SSSR count). The van der Waals surface area contributed by atoms with Crippen LogP contribution in [0.25, 0.3) is 10.8 Å². The molecule has 1 fully saturated rings. The third-order valence-electron chi connectivity index (χ3n) is 4.56. The van der Waals surface area contributed by atoms with Crippen molar-refractivity contribution in [3.8, 4) is 5.75 Å². The van der Waals surface area contributed by atoms with Crippen LogP contribution in [0.1, 0.15) is 26.2 Å². The maximum Gasteiger partial charge on any atom is 0.133 e. The Balaban J connectivity index is 1.84. The smallest absolute Gasteiger partial charge is 0.133 e. The Morgan fingerprint density at radius 3 is 2.90 bits per heavy atom. The molecule has 1 aromatic heterocycles. The summed E-state index contributed by atoms with van der Waals surface area (Å²) < 4.78 is 5.42. The first-order valence-electron chi connectivity index (χ1n) is 7.45. The molecule has 1 saturated carbocycles. The Labute approximate surface area is 120 Å². The summed E-state index contributed by atoms with van der Waals surface area (Å²) in [6, 6.07) is 8.13. The first kappa shape index (κ1) is 13.2. The minimum Gasteiger partial charge on any atom is -0.496 e. The fraction of sp³-hybridized carbons (Fsp3) is 0.471. The van der Waals surface area contributed by atoms with Crippen LogP contribution < -0.4 is 10.1 Å². The van der Waals surface area contributed by atoms with Crippen molar-refractivity contribution < 1.29 is 4.74 Å². The molecule has 20 heavy (non-hydrogen) atoms. The molecule has 0 aliphatic heterocycles. The predicted octanol–water partition coefficient (Wildman–Crippen LogP) is 4.09. The molecule has 0 saturated heterocycles. The summed E-state index contributed by atoms with van der Waals surface area (Å²) in [6.45, 7) is 3.38. The summed E-state index contributed by atoms with van der Waals surface area (Å²) in [6.07, 6.45) is 5.92. The average Bonchev–Trinajstić information content (AvgIpc) is 2.89. The second-order valence-electron chi connectivity index (χ2n) is 5.76. The summed E-state index contributed by atoms with van der Waals surface area (Å²) in [5, 5.41) is 5.80. The zero-order valence-electron chi connectivity index (χ0n) is 12.2. The van der Waals surface area contributed by atoms with Crippen LogP contribution in [0.3, 0.4) is 0 Å². The van der Waals surface area contributed by atoms with Crippen LogP contribution in [0, 0.1) is 11.8 Å². The van der Waals surface area contributed by atoms with Gasteiger partial charge in [0, 0.05) is 23.5 Å². The summed E-state index contributed by atoms with van der Waals surface area (Å²) in [4.78, 5) is 4.50. The number of hydrogen-bond donors (Lipinski definition) is 1. The first-order valence-corrected chi connectivity index (χ1v) is 7.45. The fourth-order valence-electron chi connectivity index (χ4n) is 3.25. The molecule has 106 valence electrons. The zero-order chi connectivity index (χ0) is 13.9. The summed E-state index contributed by atoms with van der Waals surface area (Å²) >= 11 is 0. The van der Waals surface area contributed by atoms with Gasteiger partial charge in [-0.15, -0.1) is 0 Å². The molecule has 1 aliphatic rings. The zero-order valence-corrected chi connectivity index (χ0v) is 12.2. The molecule has 3 nitrogen and oxygen atoms in total. The van der Waals surface area contributed by atoms with Gasteiger partial charge >= 0.3 is 0 Å². The highest BCUT2D eigenvalue weighted by molar-refractivity contribution is 5.95. The number of nitrogens with one attached hydrogen (secondary N) is 1. The fourth-order valence-corrected chi connectivity index (χ4v) is 3.25. The van der Waals surface area contributed by atoms with Crippen LogP contribution in [0.15, 0.2) is 30.5 Å². The highest BCUT2D eigenvalue weighted by Crippen LogP contribution is 2.33. The van der Waals surface area contributed by atoms with Gasteiger partial charge in [0.2, 0.25) is 0 Å². The number of aromatic nitrogens is 1.